The molecule has 9 heteroatoms. The number of anilines is 1. The summed E-state index contributed by atoms with van der Waals surface area (Å²) < 4.78 is 23.5. The van der Waals surface area contributed by atoms with E-state index in [-0.39, 0.29) is 24.7 Å². The van der Waals surface area contributed by atoms with Gasteiger partial charge in [-0.3, -0.25) is 14.5 Å². The molecule has 6 atom stereocenters. The lowest BCUT2D eigenvalue weighted by Gasteiger charge is -2.43. The Morgan fingerprint density at radius 1 is 1.10 bits per heavy atom. The first-order valence-corrected chi connectivity index (χ1v) is 13.6. The molecule has 2 aliphatic heterocycles. The topological polar surface area (TPSA) is 107 Å². The van der Waals surface area contributed by atoms with Crippen LogP contribution in [0.4, 0.5) is 5.69 Å². The van der Waals surface area contributed by atoms with Crippen LogP contribution in [0.25, 0.3) is 0 Å². The maximum atomic E-state index is 12.3. The van der Waals surface area contributed by atoms with Gasteiger partial charge >= 0.3 is 5.97 Å². The number of ether oxygens (including phenoxy) is 4. The van der Waals surface area contributed by atoms with Crippen LogP contribution in [0.5, 0.6) is 0 Å². The van der Waals surface area contributed by atoms with Crippen molar-refractivity contribution in [2.75, 3.05) is 32.1 Å². The number of hydrogen-bond donors (Lipinski definition) is 2. The van der Waals surface area contributed by atoms with Crippen molar-refractivity contribution in [3.05, 3.63) is 65.2 Å². The van der Waals surface area contributed by atoms with Gasteiger partial charge in [0, 0.05) is 43.8 Å². The minimum absolute atomic E-state index is 0.00584. The number of rotatable bonds is 10. The number of nitrogens with zero attached hydrogens (tertiary/aromatic N) is 1. The van der Waals surface area contributed by atoms with Crippen LogP contribution < -0.4 is 5.32 Å². The smallest absolute Gasteiger partial charge is 0.303 e. The third-order valence-corrected chi connectivity index (χ3v) is 7.56. The number of carbonyl (C=O) groups excluding carboxylic acids is 2. The number of benzene rings is 2. The minimum atomic E-state index is -0.889. The molecule has 4 rings (SSSR count). The van der Waals surface area contributed by atoms with Gasteiger partial charge in [0.2, 0.25) is 0 Å². The SMILES string of the molecule is COC[C@@H]1CCCN1C[C@@H]1O[C@H](c2ccc(NC(=O)[C@H](C)OC(C)=O)cc2)O[C@H](c2ccc(CO)cc2)[C@@H]1C. The zero-order chi connectivity index (χ0) is 27.9. The number of aliphatic hydroxyl groups is 1. The van der Waals surface area contributed by atoms with Crippen molar-refractivity contribution < 1.29 is 33.6 Å². The van der Waals surface area contributed by atoms with E-state index in [0.29, 0.717) is 18.3 Å². The molecule has 2 saturated heterocycles. The number of esters is 1. The first-order chi connectivity index (χ1) is 18.8. The van der Waals surface area contributed by atoms with Crippen LogP contribution in [-0.2, 0) is 35.1 Å². The maximum Gasteiger partial charge on any atom is 0.303 e. The number of aliphatic hydroxyl groups excluding tert-OH is 1. The van der Waals surface area contributed by atoms with Crippen LogP contribution in [0.3, 0.4) is 0 Å². The first kappa shape index (κ1) is 29.2. The molecule has 9 nitrogen and oxygen atoms in total. The molecule has 39 heavy (non-hydrogen) atoms. The summed E-state index contributed by atoms with van der Waals surface area (Å²) >= 11 is 0. The fourth-order valence-corrected chi connectivity index (χ4v) is 5.35. The molecular weight excluding hydrogens is 500 g/mol. The Hall–Kier alpha value is -2.82. The molecule has 1 amide bonds. The van der Waals surface area contributed by atoms with Crippen LogP contribution in [-0.4, -0.2) is 66.9 Å². The lowest BCUT2D eigenvalue weighted by atomic mass is 9.90. The third kappa shape index (κ3) is 7.43. The second kappa shape index (κ2) is 13.5. The molecule has 2 N–H and O–H groups in total. The number of hydrogen-bond acceptors (Lipinski definition) is 8. The Kier molecular flexibility index (Phi) is 10.1. The Morgan fingerprint density at radius 3 is 2.44 bits per heavy atom. The largest absolute Gasteiger partial charge is 0.453 e. The Morgan fingerprint density at radius 2 is 1.79 bits per heavy atom. The molecule has 0 radical (unpaired) electrons. The normalized spacial score (nSPS) is 26.2. The van der Waals surface area contributed by atoms with Crippen LogP contribution in [0.2, 0.25) is 0 Å². The van der Waals surface area contributed by atoms with Gasteiger partial charge in [0.05, 0.1) is 25.4 Å². The average Bonchev–Trinajstić information content (AvgIpc) is 3.36. The zero-order valence-corrected chi connectivity index (χ0v) is 23.2. The summed E-state index contributed by atoms with van der Waals surface area (Å²) in [5.41, 5.74) is 3.31. The summed E-state index contributed by atoms with van der Waals surface area (Å²) in [5.74, 6) is -0.822. The van der Waals surface area contributed by atoms with E-state index >= 15 is 0 Å². The average molecular weight is 541 g/mol. The molecule has 0 unspecified atom stereocenters. The predicted octanol–water partition coefficient (Wildman–Crippen LogP) is 3.97. The highest BCUT2D eigenvalue weighted by Gasteiger charge is 2.40. The van der Waals surface area contributed by atoms with E-state index < -0.39 is 24.3 Å². The summed E-state index contributed by atoms with van der Waals surface area (Å²) in [6.45, 7) is 7.46. The van der Waals surface area contributed by atoms with Gasteiger partial charge in [0.1, 0.15) is 0 Å². The van der Waals surface area contributed by atoms with E-state index in [1.165, 1.54) is 13.8 Å². The van der Waals surface area contributed by atoms with Crippen LogP contribution in [0.1, 0.15) is 62.7 Å². The molecule has 0 aliphatic carbocycles. The van der Waals surface area contributed by atoms with E-state index in [1.54, 1.807) is 19.2 Å². The fraction of sp³-hybridized carbons (Fsp3) is 0.533. The molecule has 2 aliphatic rings. The van der Waals surface area contributed by atoms with E-state index in [1.807, 2.05) is 36.4 Å². The molecular formula is C30H40N2O7. The molecule has 0 spiro atoms. The lowest BCUT2D eigenvalue weighted by Crippen LogP contribution is -2.46. The Balaban J connectivity index is 1.52. The molecule has 2 aromatic carbocycles. The van der Waals surface area contributed by atoms with Gasteiger partial charge < -0.3 is 29.4 Å². The van der Waals surface area contributed by atoms with E-state index in [0.717, 1.165) is 42.6 Å². The van der Waals surface area contributed by atoms with E-state index in [2.05, 4.69) is 17.1 Å². The van der Waals surface area contributed by atoms with Gasteiger partial charge in [-0.25, -0.2) is 0 Å². The van der Waals surface area contributed by atoms with Crippen molar-refractivity contribution >= 4 is 17.6 Å². The van der Waals surface area contributed by atoms with Gasteiger partial charge in [-0.05, 0) is 49.6 Å². The molecule has 0 bridgehead atoms. The van der Waals surface area contributed by atoms with Gasteiger partial charge in [-0.1, -0.05) is 43.3 Å². The molecule has 2 heterocycles. The van der Waals surface area contributed by atoms with Gasteiger partial charge in [-0.15, -0.1) is 0 Å². The molecule has 2 fully saturated rings. The quantitative estimate of drug-likeness (QED) is 0.436. The number of methoxy groups -OCH3 is 1. The predicted molar refractivity (Wildman–Crippen MR) is 146 cm³/mol. The molecule has 212 valence electrons. The highest BCUT2D eigenvalue weighted by atomic mass is 16.7. The monoisotopic (exact) mass is 540 g/mol. The van der Waals surface area contributed by atoms with Crippen molar-refractivity contribution in [1.82, 2.24) is 4.90 Å². The Labute approximate surface area is 230 Å². The van der Waals surface area contributed by atoms with Crippen molar-refractivity contribution in [3.8, 4) is 0 Å². The number of carbonyl (C=O) groups is 2. The number of amides is 1. The summed E-state index contributed by atoms with van der Waals surface area (Å²) in [7, 11) is 1.75. The van der Waals surface area contributed by atoms with E-state index in [4.69, 9.17) is 18.9 Å². The van der Waals surface area contributed by atoms with Crippen molar-refractivity contribution in [3.63, 3.8) is 0 Å². The van der Waals surface area contributed by atoms with Crippen LogP contribution in [0.15, 0.2) is 48.5 Å². The fourth-order valence-electron chi connectivity index (χ4n) is 5.35. The highest BCUT2D eigenvalue weighted by Crippen LogP contribution is 2.42. The highest BCUT2D eigenvalue weighted by molar-refractivity contribution is 5.94. The Bertz CT molecular complexity index is 1090. The summed E-state index contributed by atoms with van der Waals surface area (Å²) in [4.78, 5) is 25.9. The second-order valence-corrected chi connectivity index (χ2v) is 10.4. The van der Waals surface area contributed by atoms with Crippen LogP contribution in [0, 0.1) is 5.92 Å². The molecule has 2 aromatic rings. The maximum absolute atomic E-state index is 12.3. The summed E-state index contributed by atoms with van der Waals surface area (Å²) in [6, 6.07) is 15.6. The standard InChI is InChI=1S/C30H40N2O7/c1-19-27(16-32-15-5-6-26(32)18-36-4)38-30(39-28(19)23-9-7-22(17-33)8-10-23)24-11-13-25(14-12-24)31-29(35)20(2)37-21(3)34/h7-14,19-20,26-28,30,33H,5-6,15-18H2,1-4H3,(H,31,35)/t19-,20+,26+,27+,28+,30+/m1/s1. The minimum Gasteiger partial charge on any atom is -0.453 e. The van der Waals surface area contributed by atoms with Gasteiger partial charge in [0.15, 0.2) is 12.4 Å². The lowest BCUT2D eigenvalue weighted by molar-refractivity contribution is -0.276. The second-order valence-electron chi connectivity index (χ2n) is 10.4. The third-order valence-electron chi connectivity index (χ3n) is 7.56. The van der Waals surface area contributed by atoms with Gasteiger partial charge in [-0.2, -0.15) is 0 Å². The number of nitrogens with one attached hydrogen (secondary N) is 1. The summed E-state index contributed by atoms with van der Waals surface area (Å²) in [5, 5.41) is 12.2. The summed E-state index contributed by atoms with van der Waals surface area (Å²) in [6.07, 6.45) is 0.498. The van der Waals surface area contributed by atoms with Gasteiger partial charge in [0.25, 0.3) is 5.91 Å². The van der Waals surface area contributed by atoms with Crippen molar-refractivity contribution in [2.24, 2.45) is 5.92 Å². The van der Waals surface area contributed by atoms with Crippen molar-refractivity contribution in [1.29, 1.82) is 0 Å². The molecule has 0 saturated carbocycles. The number of likely N-dealkylation sites (tertiary alicyclic amines) is 1. The van der Waals surface area contributed by atoms with Crippen molar-refractivity contribution in [2.45, 2.75) is 70.9 Å². The van der Waals surface area contributed by atoms with E-state index in [9.17, 15) is 14.7 Å². The van der Waals surface area contributed by atoms with Crippen LogP contribution >= 0.6 is 0 Å². The zero-order valence-electron chi connectivity index (χ0n) is 23.2. The first-order valence-electron chi connectivity index (χ1n) is 13.6. The molecule has 0 aromatic heterocycles.